The van der Waals surface area contributed by atoms with Crippen LogP contribution in [0.2, 0.25) is 0 Å². The maximum Gasteiger partial charge on any atom is 0.128 e. The molecule has 0 unspecified atom stereocenters. The number of hydrogen-bond acceptors (Lipinski definition) is 2. The van der Waals surface area contributed by atoms with Crippen molar-refractivity contribution in [2.45, 2.75) is 20.8 Å². The number of hydrogen-bond donors (Lipinski definition) is 0. The van der Waals surface area contributed by atoms with Gasteiger partial charge in [-0.15, -0.1) is 0 Å². The van der Waals surface area contributed by atoms with Gasteiger partial charge in [-0.05, 0) is 44.0 Å². The first-order valence-corrected chi connectivity index (χ1v) is 5.05. The van der Waals surface area contributed by atoms with Crippen LogP contribution >= 0.6 is 0 Å². The maximum absolute atomic E-state index is 4.41. The number of allylic oxidation sites excluding steroid dienone is 1. The van der Waals surface area contributed by atoms with E-state index in [1.165, 1.54) is 0 Å². The summed E-state index contributed by atoms with van der Waals surface area (Å²) >= 11 is 0. The number of nitrogens with zero attached hydrogens (tertiary/aromatic N) is 2. The summed E-state index contributed by atoms with van der Waals surface area (Å²) in [6.45, 7) is 12.1. The van der Waals surface area contributed by atoms with Gasteiger partial charge in [0, 0.05) is 19.3 Å². The molecule has 0 saturated carbocycles. The van der Waals surface area contributed by atoms with E-state index in [2.05, 4.69) is 42.4 Å². The summed E-state index contributed by atoms with van der Waals surface area (Å²) in [5.74, 6) is 1.04. The quantitative estimate of drug-likeness (QED) is 0.725. The van der Waals surface area contributed by atoms with Crippen LogP contribution in [-0.2, 0) is 0 Å². The third-order valence-corrected chi connectivity index (χ3v) is 2.33. The fourth-order valence-electron chi connectivity index (χ4n) is 1.37. The molecule has 0 bridgehead atoms. The summed E-state index contributed by atoms with van der Waals surface area (Å²) in [6, 6.07) is 4.12. The van der Waals surface area contributed by atoms with Gasteiger partial charge in [0.2, 0.25) is 0 Å². The molecule has 1 aromatic heterocycles. The van der Waals surface area contributed by atoms with E-state index in [0.717, 1.165) is 30.0 Å². The summed E-state index contributed by atoms with van der Waals surface area (Å²) in [6.07, 6.45) is 1.88. The molecule has 0 aliphatic heterocycles. The van der Waals surface area contributed by atoms with Gasteiger partial charge in [0.1, 0.15) is 5.82 Å². The third-order valence-electron chi connectivity index (χ3n) is 2.33. The highest BCUT2D eigenvalue weighted by molar-refractivity contribution is 5.61. The molecular formula is C12H18N2. The fraction of sp³-hybridized carbons (Fsp3) is 0.417. The van der Waals surface area contributed by atoms with Gasteiger partial charge in [-0.1, -0.05) is 6.58 Å². The molecule has 0 fully saturated rings. The minimum absolute atomic E-state index is 0.996. The zero-order valence-electron chi connectivity index (χ0n) is 9.25. The predicted molar refractivity (Wildman–Crippen MR) is 62.5 cm³/mol. The van der Waals surface area contributed by atoms with E-state index in [1.807, 2.05) is 13.1 Å². The zero-order valence-corrected chi connectivity index (χ0v) is 9.25. The summed E-state index contributed by atoms with van der Waals surface area (Å²) in [5.41, 5.74) is 2.17. The third kappa shape index (κ3) is 2.34. The summed E-state index contributed by atoms with van der Waals surface area (Å²) in [4.78, 5) is 6.63. The lowest BCUT2D eigenvalue weighted by Gasteiger charge is -2.19. The van der Waals surface area contributed by atoms with Gasteiger partial charge >= 0.3 is 0 Å². The lowest BCUT2D eigenvalue weighted by atomic mass is 10.1. The highest BCUT2D eigenvalue weighted by Gasteiger charge is 2.02. The minimum atomic E-state index is 0.996. The van der Waals surface area contributed by atoms with Crippen molar-refractivity contribution in [3.63, 3.8) is 0 Å². The normalized spacial score (nSPS) is 9.93. The highest BCUT2D eigenvalue weighted by atomic mass is 15.2. The Hall–Kier alpha value is -1.31. The van der Waals surface area contributed by atoms with E-state index in [9.17, 15) is 0 Å². The van der Waals surface area contributed by atoms with E-state index in [1.54, 1.807) is 0 Å². The second kappa shape index (κ2) is 4.80. The van der Waals surface area contributed by atoms with Gasteiger partial charge in [0.25, 0.3) is 0 Å². The lowest BCUT2D eigenvalue weighted by Crippen LogP contribution is -2.22. The van der Waals surface area contributed by atoms with Crippen molar-refractivity contribution < 1.29 is 0 Å². The molecule has 0 saturated heterocycles. The standard InChI is InChI=1S/C12H18N2/c1-5-14(6-2)12-8-7-11(9-13-12)10(3)4/h7-9H,3,5-6H2,1-2,4H3. The zero-order chi connectivity index (χ0) is 10.6. The number of aromatic nitrogens is 1. The molecule has 0 aliphatic carbocycles. The van der Waals surface area contributed by atoms with E-state index < -0.39 is 0 Å². The molecule has 2 heteroatoms. The first-order chi connectivity index (χ1) is 6.69. The average molecular weight is 190 g/mol. The van der Waals surface area contributed by atoms with E-state index in [4.69, 9.17) is 0 Å². The number of anilines is 1. The van der Waals surface area contributed by atoms with Crippen LogP contribution < -0.4 is 4.90 Å². The van der Waals surface area contributed by atoms with Crippen LogP contribution in [0.1, 0.15) is 26.3 Å². The molecule has 0 aromatic carbocycles. The fourth-order valence-corrected chi connectivity index (χ4v) is 1.37. The molecule has 1 rings (SSSR count). The van der Waals surface area contributed by atoms with Crippen molar-refractivity contribution >= 4 is 11.4 Å². The molecule has 0 amide bonds. The SMILES string of the molecule is C=C(C)c1ccc(N(CC)CC)nc1. The number of rotatable bonds is 4. The highest BCUT2D eigenvalue weighted by Crippen LogP contribution is 2.14. The molecule has 1 aromatic rings. The first-order valence-electron chi connectivity index (χ1n) is 5.05. The largest absolute Gasteiger partial charge is 0.357 e. The number of pyridine rings is 1. The molecule has 0 radical (unpaired) electrons. The Balaban J connectivity index is 2.87. The predicted octanol–water partition coefficient (Wildman–Crippen LogP) is 2.96. The molecule has 1 heterocycles. The van der Waals surface area contributed by atoms with Gasteiger partial charge in [0.05, 0.1) is 0 Å². The van der Waals surface area contributed by atoms with Crippen molar-refractivity contribution in [2.75, 3.05) is 18.0 Å². The van der Waals surface area contributed by atoms with Crippen LogP contribution in [0.25, 0.3) is 5.57 Å². The van der Waals surface area contributed by atoms with Crippen LogP contribution in [0.15, 0.2) is 24.9 Å². The monoisotopic (exact) mass is 190 g/mol. The maximum atomic E-state index is 4.41. The Labute approximate surface area is 86.3 Å². The molecule has 0 atom stereocenters. The van der Waals surface area contributed by atoms with Gasteiger partial charge in [-0.2, -0.15) is 0 Å². The molecule has 0 aliphatic rings. The van der Waals surface area contributed by atoms with Crippen molar-refractivity contribution in [1.29, 1.82) is 0 Å². The van der Waals surface area contributed by atoms with Crippen LogP contribution in [0.5, 0.6) is 0 Å². The van der Waals surface area contributed by atoms with Crippen LogP contribution in [0, 0.1) is 0 Å². The Morgan fingerprint density at radius 1 is 1.36 bits per heavy atom. The van der Waals surface area contributed by atoms with Gasteiger partial charge in [-0.3, -0.25) is 0 Å². The van der Waals surface area contributed by atoms with E-state index >= 15 is 0 Å². The van der Waals surface area contributed by atoms with Crippen molar-refractivity contribution in [3.05, 3.63) is 30.5 Å². The molecule has 14 heavy (non-hydrogen) atoms. The van der Waals surface area contributed by atoms with E-state index in [-0.39, 0.29) is 0 Å². The average Bonchev–Trinajstić information content (AvgIpc) is 2.20. The first kappa shape index (κ1) is 10.8. The van der Waals surface area contributed by atoms with Gasteiger partial charge < -0.3 is 4.90 Å². The Morgan fingerprint density at radius 3 is 2.36 bits per heavy atom. The van der Waals surface area contributed by atoms with Gasteiger partial charge in [-0.25, -0.2) is 4.98 Å². The molecular weight excluding hydrogens is 172 g/mol. The molecule has 0 N–H and O–H groups in total. The van der Waals surface area contributed by atoms with Crippen LogP contribution in [-0.4, -0.2) is 18.1 Å². The Bertz CT molecular complexity index is 297. The summed E-state index contributed by atoms with van der Waals surface area (Å²) in [5, 5.41) is 0. The van der Waals surface area contributed by atoms with Crippen molar-refractivity contribution in [2.24, 2.45) is 0 Å². The van der Waals surface area contributed by atoms with E-state index in [0.29, 0.717) is 0 Å². The molecule has 0 spiro atoms. The second-order valence-electron chi connectivity index (χ2n) is 3.36. The summed E-state index contributed by atoms with van der Waals surface area (Å²) in [7, 11) is 0. The Morgan fingerprint density at radius 2 is 2.00 bits per heavy atom. The second-order valence-corrected chi connectivity index (χ2v) is 3.36. The van der Waals surface area contributed by atoms with Crippen LogP contribution in [0.3, 0.4) is 0 Å². The lowest BCUT2D eigenvalue weighted by molar-refractivity contribution is 0.846. The van der Waals surface area contributed by atoms with Crippen molar-refractivity contribution in [1.82, 2.24) is 4.98 Å². The molecule has 76 valence electrons. The van der Waals surface area contributed by atoms with Gasteiger partial charge in [0.15, 0.2) is 0 Å². The topological polar surface area (TPSA) is 16.1 Å². The van der Waals surface area contributed by atoms with Crippen molar-refractivity contribution in [3.8, 4) is 0 Å². The smallest absolute Gasteiger partial charge is 0.128 e. The molecule has 2 nitrogen and oxygen atoms in total. The Kier molecular flexibility index (Phi) is 3.69. The summed E-state index contributed by atoms with van der Waals surface area (Å²) < 4.78 is 0. The van der Waals surface area contributed by atoms with Crippen LogP contribution in [0.4, 0.5) is 5.82 Å². The minimum Gasteiger partial charge on any atom is -0.357 e.